The highest BCUT2D eigenvalue weighted by molar-refractivity contribution is 9.10. The lowest BCUT2D eigenvalue weighted by atomic mass is 9.65. The topological polar surface area (TPSA) is 111 Å². The molecule has 11 heteroatoms. The zero-order chi connectivity index (χ0) is 22.9. The molecule has 170 valence electrons. The van der Waals surface area contributed by atoms with E-state index in [0.29, 0.717) is 24.3 Å². The number of anilines is 1. The SMILES string of the molecule is COC1CC(NS(=O)(=O)c2cnccc2NCc2cnn(-c3cccc(Br)c3)n2)C1(C)C. The number of hydrogen-bond acceptors (Lipinski definition) is 7. The lowest BCUT2D eigenvalue weighted by molar-refractivity contribution is -0.0908. The standard InChI is InChI=1S/C21H25BrN6O3S/c1-21(2)19(10-20(21)31-3)27-32(29,30)18-13-23-8-7-17(18)24-11-15-12-25-28(26-15)16-6-4-5-14(22)9-16/h4-9,12-13,19-20,27H,10-11H2,1-3H3,(H,23,24). The minimum absolute atomic E-state index is 0.0227. The average molecular weight is 521 g/mol. The maximum Gasteiger partial charge on any atom is 0.244 e. The first-order valence-corrected chi connectivity index (χ1v) is 12.4. The van der Waals surface area contributed by atoms with E-state index in [1.54, 1.807) is 25.6 Å². The van der Waals surface area contributed by atoms with Gasteiger partial charge in [0.1, 0.15) is 10.6 Å². The number of ether oxygens (including phenoxy) is 1. The number of rotatable bonds is 8. The Hall–Kier alpha value is -2.34. The Labute approximate surface area is 195 Å². The molecule has 2 unspecified atom stereocenters. The molecule has 0 bridgehead atoms. The number of aromatic nitrogens is 4. The molecule has 2 atom stereocenters. The van der Waals surface area contributed by atoms with Crippen LogP contribution in [0.3, 0.4) is 0 Å². The van der Waals surface area contributed by atoms with Gasteiger partial charge in [-0.05, 0) is 30.7 Å². The van der Waals surface area contributed by atoms with Gasteiger partial charge in [0.25, 0.3) is 0 Å². The number of sulfonamides is 1. The molecule has 2 heterocycles. The first-order chi connectivity index (χ1) is 15.2. The van der Waals surface area contributed by atoms with Gasteiger partial charge in [0.05, 0.1) is 30.2 Å². The van der Waals surface area contributed by atoms with Crippen LogP contribution in [0.25, 0.3) is 5.69 Å². The largest absolute Gasteiger partial charge is 0.381 e. The number of hydrogen-bond donors (Lipinski definition) is 2. The number of pyridine rings is 1. The minimum atomic E-state index is -3.78. The highest BCUT2D eigenvalue weighted by Crippen LogP contribution is 2.43. The summed E-state index contributed by atoms with van der Waals surface area (Å²) in [4.78, 5) is 5.64. The van der Waals surface area contributed by atoms with Crippen molar-refractivity contribution in [3.05, 3.63) is 59.1 Å². The Morgan fingerprint density at radius 3 is 2.81 bits per heavy atom. The fraction of sp³-hybridized carbons (Fsp3) is 0.381. The molecular formula is C21H25BrN6O3S. The van der Waals surface area contributed by atoms with Gasteiger partial charge in [-0.1, -0.05) is 35.8 Å². The van der Waals surface area contributed by atoms with Gasteiger partial charge in [0.15, 0.2) is 0 Å². The lowest BCUT2D eigenvalue weighted by Gasteiger charge is -2.50. The second-order valence-corrected chi connectivity index (χ2v) is 10.9. The van der Waals surface area contributed by atoms with Crippen LogP contribution in [-0.2, 0) is 21.3 Å². The van der Waals surface area contributed by atoms with E-state index in [2.05, 4.69) is 41.2 Å². The Morgan fingerprint density at radius 1 is 1.28 bits per heavy atom. The summed E-state index contributed by atoms with van der Waals surface area (Å²) in [6.07, 6.45) is 5.19. The molecule has 0 aliphatic heterocycles. The van der Waals surface area contributed by atoms with Crippen LogP contribution < -0.4 is 10.0 Å². The van der Waals surface area contributed by atoms with Crippen molar-refractivity contribution in [1.82, 2.24) is 24.7 Å². The number of halogens is 1. The number of benzene rings is 1. The maximum absolute atomic E-state index is 13.1. The van der Waals surface area contributed by atoms with Crippen molar-refractivity contribution in [3.8, 4) is 5.69 Å². The molecule has 4 rings (SSSR count). The van der Waals surface area contributed by atoms with Crippen LogP contribution in [0, 0.1) is 5.41 Å². The van der Waals surface area contributed by atoms with E-state index in [1.807, 2.05) is 38.1 Å². The molecule has 0 spiro atoms. The number of nitrogens with zero attached hydrogens (tertiary/aromatic N) is 4. The summed E-state index contributed by atoms with van der Waals surface area (Å²) in [5, 5.41) is 11.9. The highest BCUT2D eigenvalue weighted by atomic mass is 79.9. The molecule has 9 nitrogen and oxygen atoms in total. The molecule has 0 saturated heterocycles. The van der Waals surface area contributed by atoms with Crippen LogP contribution in [0.5, 0.6) is 0 Å². The average Bonchev–Trinajstić information content (AvgIpc) is 3.24. The van der Waals surface area contributed by atoms with Crippen LogP contribution >= 0.6 is 15.9 Å². The third kappa shape index (κ3) is 4.56. The summed E-state index contributed by atoms with van der Waals surface area (Å²) >= 11 is 3.44. The van der Waals surface area contributed by atoms with Gasteiger partial charge in [-0.2, -0.15) is 15.0 Å². The van der Waals surface area contributed by atoms with E-state index in [9.17, 15) is 8.42 Å². The van der Waals surface area contributed by atoms with E-state index in [1.165, 1.54) is 11.0 Å². The van der Waals surface area contributed by atoms with Crippen LogP contribution in [0.4, 0.5) is 5.69 Å². The van der Waals surface area contributed by atoms with Gasteiger partial charge < -0.3 is 10.1 Å². The summed E-state index contributed by atoms with van der Waals surface area (Å²) in [5.74, 6) is 0. The molecule has 3 aromatic rings. The molecule has 32 heavy (non-hydrogen) atoms. The molecule has 2 aromatic heterocycles. The van der Waals surface area contributed by atoms with Crippen molar-refractivity contribution in [3.63, 3.8) is 0 Å². The first-order valence-electron chi connectivity index (χ1n) is 10.1. The second kappa shape index (κ2) is 8.89. The Morgan fingerprint density at radius 2 is 2.09 bits per heavy atom. The van der Waals surface area contributed by atoms with Crippen molar-refractivity contribution >= 4 is 31.6 Å². The Bertz CT molecular complexity index is 1210. The van der Waals surface area contributed by atoms with Crippen molar-refractivity contribution < 1.29 is 13.2 Å². The van der Waals surface area contributed by atoms with Crippen LogP contribution in [0.1, 0.15) is 26.0 Å². The van der Waals surface area contributed by atoms with Crippen LogP contribution in [0.2, 0.25) is 0 Å². The number of nitrogens with one attached hydrogen (secondary N) is 2. The third-order valence-corrected chi connectivity index (χ3v) is 7.86. The van der Waals surface area contributed by atoms with E-state index >= 15 is 0 Å². The Balaban J connectivity index is 1.47. The molecule has 1 fully saturated rings. The monoisotopic (exact) mass is 520 g/mol. The fourth-order valence-corrected chi connectivity index (χ4v) is 5.68. The van der Waals surface area contributed by atoms with Crippen molar-refractivity contribution in [2.75, 3.05) is 12.4 Å². The third-order valence-electron chi connectivity index (χ3n) is 5.87. The van der Waals surface area contributed by atoms with Crippen molar-refractivity contribution in [1.29, 1.82) is 0 Å². The molecule has 0 radical (unpaired) electrons. The molecular weight excluding hydrogens is 496 g/mol. The van der Waals surface area contributed by atoms with E-state index in [4.69, 9.17) is 4.74 Å². The fourth-order valence-electron chi connectivity index (χ4n) is 3.76. The smallest absolute Gasteiger partial charge is 0.244 e. The first kappa shape index (κ1) is 22.8. The van der Waals surface area contributed by atoms with E-state index in [0.717, 1.165) is 10.2 Å². The molecule has 0 amide bonds. The van der Waals surface area contributed by atoms with Crippen molar-refractivity contribution in [2.45, 2.75) is 43.9 Å². The predicted octanol–water partition coefficient (Wildman–Crippen LogP) is 3.13. The van der Waals surface area contributed by atoms with Crippen molar-refractivity contribution in [2.24, 2.45) is 5.41 Å². The van der Waals surface area contributed by atoms with Gasteiger partial charge in [-0.25, -0.2) is 13.1 Å². The quantitative estimate of drug-likeness (QED) is 0.469. The predicted molar refractivity (Wildman–Crippen MR) is 124 cm³/mol. The van der Waals surface area contributed by atoms with Gasteiger partial charge in [0, 0.05) is 35.4 Å². The zero-order valence-corrected chi connectivity index (χ0v) is 20.4. The lowest BCUT2D eigenvalue weighted by Crippen LogP contribution is -2.61. The van der Waals surface area contributed by atoms with Gasteiger partial charge >= 0.3 is 0 Å². The maximum atomic E-state index is 13.1. The summed E-state index contributed by atoms with van der Waals surface area (Å²) in [6.45, 7) is 4.30. The molecule has 1 aromatic carbocycles. The summed E-state index contributed by atoms with van der Waals surface area (Å²) < 4.78 is 35.4. The summed E-state index contributed by atoms with van der Waals surface area (Å²) in [6, 6.07) is 9.06. The highest BCUT2D eigenvalue weighted by Gasteiger charge is 2.50. The molecule has 2 N–H and O–H groups in total. The zero-order valence-electron chi connectivity index (χ0n) is 18.0. The molecule has 1 saturated carbocycles. The van der Waals surface area contributed by atoms with Gasteiger partial charge in [0.2, 0.25) is 10.0 Å². The summed E-state index contributed by atoms with van der Waals surface area (Å²) in [5.41, 5.74) is 1.65. The van der Waals surface area contributed by atoms with E-state index < -0.39 is 10.0 Å². The van der Waals surface area contributed by atoms with Crippen LogP contribution in [-0.4, -0.2) is 47.7 Å². The summed E-state index contributed by atoms with van der Waals surface area (Å²) in [7, 11) is -2.13. The van der Waals surface area contributed by atoms with Crippen LogP contribution in [0.15, 0.2) is 58.3 Å². The van der Waals surface area contributed by atoms with E-state index in [-0.39, 0.29) is 22.5 Å². The minimum Gasteiger partial charge on any atom is -0.381 e. The van der Waals surface area contributed by atoms with Gasteiger partial charge in [-0.3, -0.25) is 4.98 Å². The molecule has 1 aliphatic rings. The van der Waals surface area contributed by atoms with Gasteiger partial charge in [-0.15, -0.1) is 0 Å². The molecule has 1 aliphatic carbocycles. The number of methoxy groups -OCH3 is 1. The Kier molecular flexibility index (Phi) is 6.35. The second-order valence-electron chi connectivity index (χ2n) is 8.29. The normalized spacial score (nSPS) is 20.0.